The number of carbonyl (C=O) groups excluding carboxylic acids is 4. The predicted molar refractivity (Wildman–Crippen MR) is 144 cm³/mol. The number of imide groups is 2. The number of urea groups is 1. The van der Waals surface area contributed by atoms with Crippen molar-refractivity contribution in [1.29, 1.82) is 0 Å². The fraction of sp³-hybridized carbons (Fsp3) is 0.0769. The van der Waals surface area contributed by atoms with Crippen LogP contribution in [0.3, 0.4) is 0 Å². The van der Waals surface area contributed by atoms with E-state index in [9.17, 15) is 19.2 Å². The van der Waals surface area contributed by atoms with E-state index in [1.807, 2.05) is 0 Å². The number of esters is 1. The zero-order valence-electron chi connectivity index (χ0n) is 19.4. The Kier molecular flexibility index (Phi) is 8.28. The number of methoxy groups -OCH3 is 1. The number of barbiturate groups is 1. The summed E-state index contributed by atoms with van der Waals surface area (Å²) in [6, 6.07) is 12.3. The zero-order valence-corrected chi connectivity index (χ0v) is 22.4. The number of halogens is 4. The Morgan fingerprint density at radius 1 is 0.921 bits per heavy atom. The summed E-state index contributed by atoms with van der Waals surface area (Å²) in [7, 11) is 1.23. The Labute approximate surface area is 236 Å². The van der Waals surface area contributed by atoms with E-state index in [0.717, 1.165) is 4.90 Å². The van der Waals surface area contributed by atoms with E-state index in [-0.39, 0.29) is 44.8 Å². The van der Waals surface area contributed by atoms with Crippen molar-refractivity contribution in [3.05, 3.63) is 97.0 Å². The highest BCUT2D eigenvalue weighted by Crippen LogP contribution is 2.36. The highest BCUT2D eigenvalue weighted by molar-refractivity contribution is 6.40. The van der Waals surface area contributed by atoms with E-state index in [2.05, 4.69) is 10.1 Å². The molecule has 8 nitrogen and oxygen atoms in total. The molecule has 3 aromatic carbocycles. The van der Waals surface area contributed by atoms with Crippen LogP contribution >= 0.6 is 46.4 Å². The number of anilines is 1. The maximum atomic E-state index is 13.3. The SMILES string of the molecule is COC(=O)c1ccc(N2C(=O)NC(=O)/C(=C\c3cc(Cl)cc(Cl)c3OCc3ccc(Cl)cc3Cl)C2=O)cc1. The summed E-state index contributed by atoms with van der Waals surface area (Å²) in [5, 5.41) is 3.28. The summed E-state index contributed by atoms with van der Waals surface area (Å²) >= 11 is 24.7. The molecule has 4 amide bonds. The third kappa shape index (κ3) is 5.79. The number of nitrogens with zero attached hydrogens (tertiary/aromatic N) is 1. The van der Waals surface area contributed by atoms with Gasteiger partial charge in [-0.05, 0) is 54.6 Å². The minimum atomic E-state index is -0.957. The number of ether oxygens (including phenoxy) is 2. The number of benzene rings is 3. The van der Waals surface area contributed by atoms with Gasteiger partial charge in [0.2, 0.25) is 0 Å². The van der Waals surface area contributed by atoms with Crippen LogP contribution in [0.25, 0.3) is 6.08 Å². The first kappa shape index (κ1) is 27.5. The van der Waals surface area contributed by atoms with Gasteiger partial charge in [0.05, 0.1) is 23.4 Å². The lowest BCUT2D eigenvalue weighted by Gasteiger charge is -2.26. The molecule has 0 unspecified atom stereocenters. The van der Waals surface area contributed by atoms with Crippen LogP contribution in [0.15, 0.2) is 60.2 Å². The average molecular weight is 594 g/mol. The van der Waals surface area contributed by atoms with Crippen LogP contribution in [-0.2, 0) is 20.9 Å². The van der Waals surface area contributed by atoms with E-state index in [1.165, 1.54) is 49.6 Å². The number of rotatable bonds is 6. The average Bonchev–Trinajstić information content (AvgIpc) is 2.86. The number of nitrogens with one attached hydrogen (secondary N) is 1. The Balaban J connectivity index is 1.69. The summed E-state index contributed by atoms with van der Waals surface area (Å²) < 4.78 is 10.5. The second-order valence-electron chi connectivity index (χ2n) is 7.83. The molecule has 1 aliphatic rings. The summed E-state index contributed by atoms with van der Waals surface area (Å²) in [6.45, 7) is -0.00910. The van der Waals surface area contributed by atoms with Crippen molar-refractivity contribution in [3.63, 3.8) is 0 Å². The van der Waals surface area contributed by atoms with Crippen LogP contribution in [0, 0.1) is 0 Å². The Morgan fingerprint density at radius 2 is 1.61 bits per heavy atom. The number of amides is 4. The second-order valence-corrected chi connectivity index (χ2v) is 9.51. The first-order valence-corrected chi connectivity index (χ1v) is 12.3. The lowest BCUT2D eigenvalue weighted by atomic mass is 10.1. The number of hydrogen-bond acceptors (Lipinski definition) is 6. The van der Waals surface area contributed by atoms with Crippen LogP contribution in [0.4, 0.5) is 10.5 Å². The van der Waals surface area contributed by atoms with Crippen molar-refractivity contribution in [2.45, 2.75) is 6.61 Å². The minimum Gasteiger partial charge on any atom is -0.487 e. The van der Waals surface area contributed by atoms with Crippen molar-refractivity contribution in [3.8, 4) is 5.75 Å². The summed E-state index contributed by atoms with van der Waals surface area (Å²) in [4.78, 5) is 51.0. The van der Waals surface area contributed by atoms with E-state index in [4.69, 9.17) is 51.1 Å². The standard InChI is InChI=1S/C26H16Cl4N2O6/c1-37-25(35)13-3-6-18(7-4-13)32-24(34)19(23(33)31-26(32)36)9-15-8-17(28)11-21(30)22(15)38-12-14-2-5-16(27)10-20(14)29/h2-11H,12H2,1H3,(H,31,33,36)/b19-9+. The highest BCUT2D eigenvalue weighted by Gasteiger charge is 2.37. The minimum absolute atomic E-state index is 0.00910. The quantitative estimate of drug-likeness (QED) is 0.203. The molecule has 4 rings (SSSR count). The van der Waals surface area contributed by atoms with E-state index >= 15 is 0 Å². The Hall–Kier alpha value is -3.56. The molecule has 0 atom stereocenters. The van der Waals surface area contributed by atoms with Crippen molar-refractivity contribution in [1.82, 2.24) is 5.32 Å². The van der Waals surface area contributed by atoms with Gasteiger partial charge in [-0.3, -0.25) is 14.9 Å². The molecule has 1 aliphatic heterocycles. The van der Waals surface area contributed by atoms with Gasteiger partial charge >= 0.3 is 12.0 Å². The smallest absolute Gasteiger partial charge is 0.337 e. The molecule has 0 aliphatic carbocycles. The Bertz CT molecular complexity index is 1500. The van der Waals surface area contributed by atoms with Crippen LogP contribution in [-0.4, -0.2) is 30.9 Å². The zero-order chi connectivity index (χ0) is 27.6. The molecule has 194 valence electrons. The van der Waals surface area contributed by atoms with Crippen molar-refractivity contribution in [2.24, 2.45) is 0 Å². The van der Waals surface area contributed by atoms with Gasteiger partial charge in [0, 0.05) is 26.2 Å². The molecule has 0 aromatic heterocycles. The number of carbonyl (C=O) groups is 4. The molecule has 1 N–H and O–H groups in total. The summed E-state index contributed by atoms with van der Waals surface area (Å²) in [5.74, 6) is -2.30. The maximum Gasteiger partial charge on any atom is 0.337 e. The third-order valence-electron chi connectivity index (χ3n) is 5.37. The molecule has 0 spiro atoms. The molecule has 3 aromatic rings. The van der Waals surface area contributed by atoms with Crippen LogP contribution < -0.4 is 15.0 Å². The van der Waals surface area contributed by atoms with Gasteiger partial charge in [0.1, 0.15) is 17.9 Å². The maximum absolute atomic E-state index is 13.3. The molecule has 0 radical (unpaired) electrons. The second kappa shape index (κ2) is 11.4. The van der Waals surface area contributed by atoms with Gasteiger partial charge < -0.3 is 9.47 Å². The van der Waals surface area contributed by atoms with Crippen LogP contribution in [0.5, 0.6) is 5.75 Å². The highest BCUT2D eigenvalue weighted by atomic mass is 35.5. The molecule has 0 saturated carbocycles. The fourth-order valence-corrected chi connectivity index (χ4v) is 4.57. The molecule has 38 heavy (non-hydrogen) atoms. The summed E-state index contributed by atoms with van der Waals surface area (Å²) in [5.41, 5.74) is 0.774. The van der Waals surface area contributed by atoms with Crippen molar-refractivity contribution in [2.75, 3.05) is 12.0 Å². The monoisotopic (exact) mass is 592 g/mol. The van der Waals surface area contributed by atoms with Crippen molar-refractivity contribution >= 4 is 82.0 Å². The van der Waals surface area contributed by atoms with Crippen molar-refractivity contribution < 1.29 is 28.7 Å². The van der Waals surface area contributed by atoms with Crippen LogP contribution in [0.1, 0.15) is 21.5 Å². The van der Waals surface area contributed by atoms with Gasteiger partial charge in [-0.2, -0.15) is 0 Å². The van der Waals surface area contributed by atoms with E-state index < -0.39 is 23.8 Å². The van der Waals surface area contributed by atoms with Gasteiger partial charge in [0.25, 0.3) is 11.8 Å². The molecule has 1 fully saturated rings. The predicted octanol–water partition coefficient (Wildman–Crippen LogP) is 6.33. The first-order chi connectivity index (χ1) is 18.1. The van der Waals surface area contributed by atoms with Gasteiger partial charge in [-0.15, -0.1) is 0 Å². The Morgan fingerprint density at radius 3 is 2.26 bits per heavy atom. The van der Waals surface area contributed by atoms with Crippen LogP contribution in [0.2, 0.25) is 20.1 Å². The molecule has 1 heterocycles. The largest absolute Gasteiger partial charge is 0.487 e. The summed E-state index contributed by atoms with van der Waals surface area (Å²) in [6.07, 6.45) is 1.22. The normalized spacial score (nSPS) is 14.5. The molecule has 0 bridgehead atoms. The number of hydrogen-bond donors (Lipinski definition) is 1. The first-order valence-electron chi connectivity index (χ1n) is 10.7. The van der Waals surface area contributed by atoms with Gasteiger partial charge in [0.15, 0.2) is 0 Å². The lowest BCUT2D eigenvalue weighted by molar-refractivity contribution is -0.122. The van der Waals surface area contributed by atoms with E-state index in [0.29, 0.717) is 15.6 Å². The van der Waals surface area contributed by atoms with Gasteiger partial charge in [-0.25, -0.2) is 14.5 Å². The molecule has 1 saturated heterocycles. The third-order valence-corrected chi connectivity index (χ3v) is 6.46. The molecular formula is C26H16Cl4N2O6. The molecule has 12 heteroatoms. The van der Waals surface area contributed by atoms with E-state index in [1.54, 1.807) is 18.2 Å². The molecular weight excluding hydrogens is 578 g/mol. The van der Waals surface area contributed by atoms with Gasteiger partial charge in [-0.1, -0.05) is 52.5 Å². The lowest BCUT2D eigenvalue weighted by Crippen LogP contribution is -2.54. The fourth-order valence-electron chi connectivity index (χ4n) is 3.54. The topological polar surface area (TPSA) is 102 Å².